The van der Waals surface area contributed by atoms with Crippen LogP contribution < -0.4 is 11.5 Å². The minimum absolute atomic E-state index is 0.0736. The summed E-state index contributed by atoms with van der Waals surface area (Å²) < 4.78 is 24.6. The minimum atomic E-state index is -3.57. The van der Waals surface area contributed by atoms with Gasteiger partial charge >= 0.3 is 0 Å². The Balaban J connectivity index is 2.81. The quantitative estimate of drug-likeness (QED) is 0.640. The first-order valence-electron chi connectivity index (χ1n) is 7.71. The first-order chi connectivity index (χ1) is 11.6. The zero-order valence-electron chi connectivity index (χ0n) is 14.4. The second-order valence-electron chi connectivity index (χ2n) is 5.84. The highest BCUT2D eigenvalue weighted by atomic mass is 32.2. The molecule has 2 aromatic carbocycles. The molecule has 0 aliphatic rings. The smallest absolute Gasteiger partial charge is 0.280 e. The molecule has 1 amide bonds. The molecule has 2 rings (SSSR count). The summed E-state index contributed by atoms with van der Waals surface area (Å²) in [6, 6.07) is 10.6. The van der Waals surface area contributed by atoms with Crippen molar-refractivity contribution in [3.8, 4) is 11.1 Å². The molecule has 0 spiro atoms. The molecule has 0 saturated heterocycles. The predicted molar refractivity (Wildman–Crippen MR) is 99.2 cm³/mol. The fourth-order valence-corrected chi connectivity index (χ4v) is 3.55. The van der Waals surface area contributed by atoms with Crippen LogP contribution in [0.5, 0.6) is 0 Å². The van der Waals surface area contributed by atoms with Gasteiger partial charge in [0.25, 0.3) is 5.91 Å². The zero-order chi connectivity index (χ0) is 18.8. The molecule has 25 heavy (non-hydrogen) atoms. The maximum Gasteiger partial charge on any atom is 0.280 e. The number of carbonyl (C=O) groups is 1. The van der Waals surface area contributed by atoms with Gasteiger partial charge in [-0.05, 0) is 36.6 Å². The van der Waals surface area contributed by atoms with E-state index in [1.54, 1.807) is 6.07 Å². The fourth-order valence-electron chi connectivity index (χ4n) is 2.64. The lowest BCUT2D eigenvalue weighted by molar-refractivity contribution is 0.100. The fraction of sp³-hybridized carbons (Fsp3) is 0.222. The summed E-state index contributed by atoms with van der Waals surface area (Å²) in [6.45, 7) is 3.81. The Hall–Kier alpha value is -2.67. The molecule has 7 heteroatoms. The van der Waals surface area contributed by atoms with Gasteiger partial charge in [-0.3, -0.25) is 4.79 Å². The van der Waals surface area contributed by atoms with E-state index in [1.807, 2.05) is 38.1 Å². The summed E-state index contributed by atoms with van der Waals surface area (Å²) in [5.41, 5.74) is 13.8. The van der Waals surface area contributed by atoms with Gasteiger partial charge in [0.15, 0.2) is 15.8 Å². The summed E-state index contributed by atoms with van der Waals surface area (Å²) in [4.78, 5) is 15.9. The standard InChI is InChI=1S/C18H21N3O3S/c1-4-12-9-14(13-7-5-6-11(2)8-13)16(25(3,23)24)10-15(12)17(22)21-18(19)20/h5-10H,4H2,1-3H3,(H4,19,20,21,22). The monoisotopic (exact) mass is 359 g/mol. The van der Waals surface area contributed by atoms with Crippen LogP contribution in [-0.4, -0.2) is 26.5 Å². The van der Waals surface area contributed by atoms with E-state index in [2.05, 4.69) is 4.99 Å². The first-order valence-corrected chi connectivity index (χ1v) is 9.60. The van der Waals surface area contributed by atoms with Crippen molar-refractivity contribution in [3.63, 3.8) is 0 Å². The van der Waals surface area contributed by atoms with E-state index in [0.29, 0.717) is 17.5 Å². The third kappa shape index (κ3) is 4.24. The third-order valence-electron chi connectivity index (χ3n) is 3.78. The van der Waals surface area contributed by atoms with Gasteiger partial charge in [-0.1, -0.05) is 36.8 Å². The maximum absolute atomic E-state index is 12.3. The molecular formula is C18H21N3O3S. The van der Waals surface area contributed by atoms with Crippen molar-refractivity contribution in [1.29, 1.82) is 0 Å². The van der Waals surface area contributed by atoms with E-state index in [1.165, 1.54) is 6.07 Å². The molecule has 0 bridgehead atoms. The molecule has 0 heterocycles. The van der Waals surface area contributed by atoms with Gasteiger partial charge in [0.2, 0.25) is 0 Å². The predicted octanol–water partition coefficient (Wildman–Crippen LogP) is 2.04. The number of benzene rings is 2. The van der Waals surface area contributed by atoms with E-state index >= 15 is 0 Å². The average Bonchev–Trinajstić information content (AvgIpc) is 2.52. The highest BCUT2D eigenvalue weighted by molar-refractivity contribution is 7.90. The molecule has 0 radical (unpaired) electrons. The van der Waals surface area contributed by atoms with Gasteiger partial charge < -0.3 is 11.5 Å². The van der Waals surface area contributed by atoms with Crippen molar-refractivity contribution in [2.45, 2.75) is 25.2 Å². The highest BCUT2D eigenvalue weighted by Gasteiger charge is 2.21. The van der Waals surface area contributed by atoms with Gasteiger partial charge in [0.1, 0.15) is 0 Å². The number of sulfone groups is 1. The lowest BCUT2D eigenvalue weighted by atomic mass is 9.96. The van der Waals surface area contributed by atoms with Crippen molar-refractivity contribution in [3.05, 3.63) is 53.1 Å². The van der Waals surface area contributed by atoms with Crippen LogP contribution in [0.15, 0.2) is 46.3 Å². The van der Waals surface area contributed by atoms with Gasteiger partial charge in [-0.2, -0.15) is 4.99 Å². The average molecular weight is 359 g/mol. The molecule has 0 unspecified atom stereocenters. The van der Waals surface area contributed by atoms with Crippen molar-refractivity contribution in [1.82, 2.24) is 0 Å². The second-order valence-corrected chi connectivity index (χ2v) is 7.83. The van der Waals surface area contributed by atoms with Gasteiger partial charge in [-0.25, -0.2) is 8.42 Å². The number of carbonyl (C=O) groups excluding carboxylic acids is 1. The number of aliphatic imine (C=N–C) groups is 1. The first kappa shape index (κ1) is 18.7. The SMILES string of the molecule is CCc1cc(-c2cccc(C)c2)c(S(C)(=O)=O)cc1C(=O)N=C(N)N. The van der Waals surface area contributed by atoms with Gasteiger partial charge in [0.05, 0.1) is 4.90 Å². The molecule has 2 aromatic rings. The molecule has 0 saturated carbocycles. The normalized spacial score (nSPS) is 11.2. The number of hydrogen-bond donors (Lipinski definition) is 2. The number of guanidine groups is 1. The molecule has 0 aliphatic carbocycles. The number of aryl methyl sites for hydroxylation is 2. The van der Waals surface area contributed by atoms with Crippen LogP contribution in [0.25, 0.3) is 11.1 Å². The van der Waals surface area contributed by atoms with E-state index < -0.39 is 15.7 Å². The van der Waals surface area contributed by atoms with Crippen LogP contribution in [0, 0.1) is 6.92 Å². The lowest BCUT2D eigenvalue weighted by Gasteiger charge is -2.14. The Bertz CT molecular complexity index is 960. The van der Waals surface area contributed by atoms with Crippen LogP contribution >= 0.6 is 0 Å². The van der Waals surface area contributed by atoms with Crippen LogP contribution in [-0.2, 0) is 16.3 Å². The zero-order valence-corrected chi connectivity index (χ0v) is 15.2. The molecule has 0 fully saturated rings. The van der Waals surface area contributed by atoms with E-state index in [0.717, 1.165) is 17.4 Å². The largest absolute Gasteiger partial charge is 0.370 e. The van der Waals surface area contributed by atoms with Crippen LogP contribution in [0.3, 0.4) is 0 Å². The highest BCUT2D eigenvalue weighted by Crippen LogP contribution is 2.31. The lowest BCUT2D eigenvalue weighted by Crippen LogP contribution is -2.24. The summed E-state index contributed by atoms with van der Waals surface area (Å²) in [5, 5.41) is 0. The van der Waals surface area contributed by atoms with Crippen molar-refractivity contribution < 1.29 is 13.2 Å². The van der Waals surface area contributed by atoms with E-state index in [-0.39, 0.29) is 16.4 Å². The molecule has 6 nitrogen and oxygen atoms in total. The summed E-state index contributed by atoms with van der Waals surface area (Å²) in [7, 11) is -3.57. The molecule has 4 N–H and O–H groups in total. The number of nitrogens with two attached hydrogens (primary N) is 2. The molecule has 0 aliphatic heterocycles. The van der Waals surface area contributed by atoms with Crippen molar-refractivity contribution >= 4 is 21.7 Å². The Morgan fingerprint density at radius 1 is 1.16 bits per heavy atom. The second kappa shape index (κ2) is 7.06. The Labute approximate surface area is 147 Å². The number of nitrogens with zero attached hydrogens (tertiary/aromatic N) is 1. The number of hydrogen-bond acceptors (Lipinski definition) is 3. The topological polar surface area (TPSA) is 116 Å². The molecular weight excluding hydrogens is 338 g/mol. The molecule has 132 valence electrons. The van der Waals surface area contributed by atoms with Gasteiger partial charge in [0, 0.05) is 17.4 Å². The molecule has 0 aromatic heterocycles. The van der Waals surface area contributed by atoms with Crippen LogP contribution in [0.2, 0.25) is 0 Å². The summed E-state index contributed by atoms with van der Waals surface area (Å²) in [5.74, 6) is -1.02. The summed E-state index contributed by atoms with van der Waals surface area (Å²) >= 11 is 0. The molecule has 0 atom stereocenters. The number of amides is 1. The Kier molecular flexibility index (Phi) is 5.27. The Morgan fingerprint density at radius 3 is 2.36 bits per heavy atom. The van der Waals surface area contributed by atoms with E-state index in [4.69, 9.17) is 11.5 Å². The maximum atomic E-state index is 12.3. The summed E-state index contributed by atoms with van der Waals surface area (Å²) in [6.07, 6.45) is 1.64. The van der Waals surface area contributed by atoms with Crippen molar-refractivity contribution in [2.75, 3.05) is 6.26 Å². The van der Waals surface area contributed by atoms with Crippen molar-refractivity contribution in [2.24, 2.45) is 16.5 Å². The minimum Gasteiger partial charge on any atom is -0.370 e. The van der Waals surface area contributed by atoms with E-state index in [9.17, 15) is 13.2 Å². The van der Waals surface area contributed by atoms with Crippen LogP contribution in [0.4, 0.5) is 0 Å². The third-order valence-corrected chi connectivity index (χ3v) is 4.91. The Morgan fingerprint density at radius 2 is 1.84 bits per heavy atom. The van der Waals surface area contributed by atoms with Crippen LogP contribution in [0.1, 0.15) is 28.4 Å². The number of rotatable bonds is 4. The van der Waals surface area contributed by atoms with Gasteiger partial charge in [-0.15, -0.1) is 0 Å².